The highest BCUT2D eigenvalue weighted by molar-refractivity contribution is 6.02. The summed E-state index contributed by atoms with van der Waals surface area (Å²) in [4.78, 5) is 28.8. The number of nitrogens with one attached hydrogen (secondary N) is 3. The van der Waals surface area contributed by atoms with Gasteiger partial charge in [0.05, 0.1) is 30.2 Å². The average Bonchev–Trinajstić information content (AvgIpc) is 3.92. The van der Waals surface area contributed by atoms with Gasteiger partial charge in [0.1, 0.15) is 35.7 Å². The van der Waals surface area contributed by atoms with Crippen molar-refractivity contribution < 1.29 is 23.4 Å². The van der Waals surface area contributed by atoms with E-state index >= 15 is 0 Å². The number of nitrogens with zero attached hydrogens (tertiary/aromatic N) is 5. The summed E-state index contributed by atoms with van der Waals surface area (Å²) in [5, 5.41) is 19.1. The number of aliphatic hydroxyl groups is 1. The van der Waals surface area contributed by atoms with Gasteiger partial charge in [0.15, 0.2) is 0 Å². The van der Waals surface area contributed by atoms with E-state index < -0.39 is 18.0 Å². The Bertz CT molecular complexity index is 1530. The Kier molecular flexibility index (Phi) is 11.4. The number of hydrogen-bond donors (Lipinski definition) is 4. The average molecular weight is 679 g/mol. The third-order valence-electron chi connectivity index (χ3n) is 9.91. The van der Waals surface area contributed by atoms with E-state index in [2.05, 4.69) is 47.2 Å². The topological polar surface area (TPSA) is 118 Å². The van der Waals surface area contributed by atoms with E-state index in [1.165, 1.54) is 37.9 Å². The van der Waals surface area contributed by atoms with E-state index in [-0.39, 0.29) is 25.4 Å². The van der Waals surface area contributed by atoms with Crippen molar-refractivity contribution in [2.24, 2.45) is 5.92 Å². The number of aromatic nitrogens is 2. The zero-order chi connectivity index (χ0) is 34.3. The van der Waals surface area contributed by atoms with E-state index in [4.69, 9.17) is 4.74 Å². The van der Waals surface area contributed by atoms with Gasteiger partial charge >= 0.3 is 0 Å². The largest absolute Gasteiger partial charge is 0.494 e. The fraction of sp³-hybridized carbons (Fsp3) is 0.528. The number of hydrogen-bond acceptors (Lipinski definition) is 10. The Labute approximate surface area is 287 Å². The molecule has 49 heavy (non-hydrogen) atoms. The minimum atomic E-state index is -1.43. The van der Waals surface area contributed by atoms with Gasteiger partial charge in [-0.05, 0) is 67.9 Å². The first-order valence-electron chi connectivity index (χ1n) is 17.4. The van der Waals surface area contributed by atoms with Gasteiger partial charge in [-0.25, -0.2) is 18.7 Å². The van der Waals surface area contributed by atoms with E-state index in [1.54, 1.807) is 13.2 Å². The number of piperazine rings is 1. The summed E-state index contributed by atoms with van der Waals surface area (Å²) in [6.07, 6.45) is 8.57. The molecule has 0 radical (unpaired) electrons. The summed E-state index contributed by atoms with van der Waals surface area (Å²) < 4.78 is 33.9. The second-order valence-corrected chi connectivity index (χ2v) is 13.4. The van der Waals surface area contributed by atoms with Crippen LogP contribution in [0, 0.1) is 5.92 Å². The van der Waals surface area contributed by atoms with Crippen LogP contribution in [-0.4, -0.2) is 109 Å². The number of halogens is 2. The van der Waals surface area contributed by atoms with Crippen molar-refractivity contribution in [1.29, 1.82) is 0 Å². The van der Waals surface area contributed by atoms with Crippen molar-refractivity contribution in [2.75, 3.05) is 80.4 Å². The Balaban J connectivity index is 1.15. The second-order valence-electron chi connectivity index (χ2n) is 13.4. The molecule has 2 aliphatic heterocycles. The third kappa shape index (κ3) is 9.14. The fourth-order valence-corrected chi connectivity index (χ4v) is 7.11. The minimum Gasteiger partial charge on any atom is -0.494 e. The van der Waals surface area contributed by atoms with Gasteiger partial charge in [0.25, 0.3) is 0 Å². The van der Waals surface area contributed by atoms with Crippen molar-refractivity contribution in [3.8, 4) is 5.75 Å². The summed E-state index contributed by atoms with van der Waals surface area (Å²) >= 11 is 0. The van der Waals surface area contributed by atoms with Crippen molar-refractivity contribution in [1.82, 2.24) is 19.8 Å². The molecular formula is C36H48F2N8O3. The van der Waals surface area contributed by atoms with Gasteiger partial charge in [0.2, 0.25) is 5.91 Å². The first-order valence-corrected chi connectivity index (χ1v) is 17.4. The molecule has 4 N–H and O–H groups in total. The van der Waals surface area contributed by atoms with Gasteiger partial charge in [-0.2, -0.15) is 0 Å². The number of methoxy groups -OCH3 is 1. The molecule has 0 spiro atoms. The standard InChI is InChI=1S/C36H48F2N8O3/c1-3-36(48)43-30-19-31(42-35-21-34(39-23-40-35)41-29(8-15-47)25-16-26(37)18-27(38)17-25)33(49-2)20-32(30)46-9-6-28(7-10-46)45-13-11-44(12-14-45)22-24-4-5-24/h3,16,18-21,23-24,27-29,47H,1,4-15,17,22H2,2H3,(H,43,48)(H2,39,40,41,42)/t27?,29-/m1/s1. The smallest absolute Gasteiger partial charge is 0.247 e. The molecule has 11 nitrogen and oxygen atoms in total. The Morgan fingerprint density at radius 3 is 2.51 bits per heavy atom. The quantitative estimate of drug-likeness (QED) is 0.203. The Morgan fingerprint density at radius 1 is 1.08 bits per heavy atom. The van der Waals surface area contributed by atoms with Crippen LogP contribution in [0.15, 0.2) is 60.7 Å². The predicted molar refractivity (Wildman–Crippen MR) is 189 cm³/mol. The summed E-state index contributed by atoms with van der Waals surface area (Å²) in [5.74, 6) is 1.37. The summed E-state index contributed by atoms with van der Waals surface area (Å²) in [6.45, 7) is 11.0. The monoisotopic (exact) mass is 678 g/mol. The molecule has 1 amide bonds. The van der Waals surface area contributed by atoms with Crippen LogP contribution in [0.3, 0.4) is 0 Å². The predicted octanol–water partition coefficient (Wildman–Crippen LogP) is 5.03. The fourth-order valence-electron chi connectivity index (χ4n) is 7.11. The number of rotatable bonds is 14. The van der Waals surface area contributed by atoms with E-state index in [0.29, 0.717) is 40.4 Å². The minimum absolute atomic E-state index is 0.0268. The molecule has 1 saturated carbocycles. The van der Waals surface area contributed by atoms with Crippen LogP contribution in [0.5, 0.6) is 5.75 Å². The van der Waals surface area contributed by atoms with Crippen LogP contribution in [0.2, 0.25) is 0 Å². The SMILES string of the molecule is C=CC(=O)Nc1cc(Nc2cc(N[C@H](CCO)C3=CC(F)=CC(F)C3)ncn2)c(OC)cc1N1CCC(N2CCN(CC3CC3)CC2)CC1. The number of ether oxygens (including phenoxy) is 1. The molecule has 264 valence electrons. The highest BCUT2D eigenvalue weighted by Gasteiger charge is 2.31. The highest BCUT2D eigenvalue weighted by Crippen LogP contribution is 2.40. The summed E-state index contributed by atoms with van der Waals surface area (Å²) in [6, 6.07) is 5.45. The van der Waals surface area contributed by atoms with Crippen LogP contribution in [0.25, 0.3) is 0 Å². The van der Waals surface area contributed by atoms with Gasteiger partial charge in [0, 0.05) is 77.0 Å². The van der Waals surface area contributed by atoms with Crippen molar-refractivity contribution in [3.05, 3.63) is 60.7 Å². The molecule has 2 saturated heterocycles. The number of carbonyl (C=O) groups is 1. The van der Waals surface area contributed by atoms with Crippen molar-refractivity contribution >= 4 is 34.6 Å². The van der Waals surface area contributed by atoms with Crippen molar-refractivity contribution in [3.63, 3.8) is 0 Å². The Morgan fingerprint density at radius 2 is 1.84 bits per heavy atom. The molecule has 0 bridgehead atoms. The number of allylic oxidation sites excluding steroid dienone is 3. The normalized spacial score (nSPS) is 21.4. The molecule has 6 rings (SSSR count). The summed E-state index contributed by atoms with van der Waals surface area (Å²) in [7, 11) is 1.59. The zero-order valence-electron chi connectivity index (χ0n) is 28.2. The van der Waals surface area contributed by atoms with Gasteiger partial charge in [-0.1, -0.05) is 6.58 Å². The third-order valence-corrected chi connectivity index (χ3v) is 9.91. The first-order chi connectivity index (χ1) is 23.8. The van der Waals surface area contributed by atoms with Gasteiger partial charge < -0.3 is 35.6 Å². The Hall–Kier alpha value is -4.07. The molecule has 2 aromatic rings. The van der Waals surface area contributed by atoms with Crippen molar-refractivity contribution in [2.45, 2.75) is 56.8 Å². The number of anilines is 5. The van der Waals surface area contributed by atoms with Crippen LogP contribution in [-0.2, 0) is 4.79 Å². The number of alkyl halides is 1. The first kappa shape index (κ1) is 34.8. The van der Waals surface area contributed by atoms with Gasteiger partial charge in [-0.3, -0.25) is 9.69 Å². The lowest BCUT2D eigenvalue weighted by Gasteiger charge is -2.43. The lowest BCUT2D eigenvalue weighted by atomic mass is 9.94. The molecule has 3 fully saturated rings. The number of piperidine rings is 1. The molecule has 13 heteroatoms. The molecule has 2 aliphatic carbocycles. The maximum atomic E-state index is 14.1. The lowest BCUT2D eigenvalue weighted by molar-refractivity contribution is -0.111. The van der Waals surface area contributed by atoms with E-state index in [0.717, 1.165) is 69.8 Å². The summed E-state index contributed by atoms with van der Waals surface area (Å²) in [5.41, 5.74) is 2.57. The second kappa shape index (κ2) is 16.1. The molecular weight excluding hydrogens is 630 g/mol. The molecule has 1 unspecified atom stereocenters. The van der Waals surface area contributed by atoms with E-state index in [9.17, 15) is 18.7 Å². The molecule has 1 aromatic carbocycles. The number of amides is 1. The van der Waals surface area contributed by atoms with Gasteiger partial charge in [-0.15, -0.1) is 0 Å². The number of carbonyl (C=O) groups excluding carboxylic acids is 1. The van der Waals surface area contributed by atoms with Crippen LogP contribution in [0.4, 0.5) is 37.5 Å². The van der Waals surface area contributed by atoms with Crippen LogP contribution >= 0.6 is 0 Å². The zero-order valence-corrected chi connectivity index (χ0v) is 28.2. The van der Waals surface area contributed by atoms with Crippen LogP contribution < -0.4 is 25.6 Å². The maximum Gasteiger partial charge on any atom is 0.247 e. The number of aliphatic hydroxyl groups excluding tert-OH is 1. The molecule has 2 atom stereocenters. The van der Waals surface area contributed by atoms with Crippen LogP contribution in [0.1, 0.15) is 38.5 Å². The lowest BCUT2D eigenvalue weighted by Crippen LogP contribution is -2.53. The number of benzene rings is 1. The maximum absolute atomic E-state index is 14.1. The molecule has 3 heterocycles. The molecule has 4 aliphatic rings. The molecule has 1 aromatic heterocycles. The van der Waals surface area contributed by atoms with E-state index in [1.807, 2.05) is 12.1 Å². The highest BCUT2D eigenvalue weighted by atomic mass is 19.1.